The van der Waals surface area contributed by atoms with E-state index in [-0.39, 0.29) is 11.8 Å². The topological polar surface area (TPSA) is 24.5 Å². The monoisotopic (exact) mass is 342 g/mol. The molecule has 1 heterocycles. The number of hydrogen-bond donors (Lipinski definition) is 1. The molecule has 1 saturated heterocycles. The molecule has 0 radical (unpaired) electrons. The summed E-state index contributed by atoms with van der Waals surface area (Å²) in [4.78, 5) is 2.34. The lowest BCUT2D eigenvalue weighted by Crippen LogP contribution is -2.45. The van der Waals surface area contributed by atoms with Crippen molar-refractivity contribution in [3.05, 3.63) is 42.5 Å². The number of ether oxygens (including phenoxy) is 1. The molecule has 1 fully saturated rings. The van der Waals surface area contributed by atoms with E-state index in [1.807, 2.05) is 12.1 Å². The first-order chi connectivity index (χ1) is 11.5. The Morgan fingerprint density at radius 3 is 2.67 bits per heavy atom. The van der Waals surface area contributed by atoms with Gasteiger partial charge in [-0.2, -0.15) is 0 Å². The molecule has 1 atom stereocenters. The second-order valence-electron chi connectivity index (χ2n) is 6.00. The summed E-state index contributed by atoms with van der Waals surface area (Å²) in [5.41, 5.74) is 0.886. The number of nitrogens with one attached hydrogen (secondary N) is 1. The van der Waals surface area contributed by atoms with Crippen LogP contribution >= 0.6 is 0 Å². The molecule has 0 aromatic heterocycles. The smallest absolute Gasteiger partial charge is 0.406 e. The molecule has 1 aromatic carbocycles. The van der Waals surface area contributed by atoms with Gasteiger partial charge in [-0.3, -0.25) is 4.90 Å². The fourth-order valence-corrected chi connectivity index (χ4v) is 3.10. The van der Waals surface area contributed by atoms with Crippen LogP contribution in [0, 0.1) is 0 Å². The highest BCUT2D eigenvalue weighted by molar-refractivity contribution is 5.31. The summed E-state index contributed by atoms with van der Waals surface area (Å²) >= 11 is 0. The quantitative estimate of drug-likeness (QED) is 0.564. The molecule has 1 aliphatic rings. The number of nitrogens with zero attached hydrogens (tertiary/aromatic N) is 1. The average molecular weight is 342 g/mol. The highest BCUT2D eigenvalue weighted by Crippen LogP contribution is 2.31. The van der Waals surface area contributed by atoms with E-state index in [4.69, 9.17) is 0 Å². The summed E-state index contributed by atoms with van der Waals surface area (Å²) in [6.07, 6.45) is 1.19. The molecule has 0 unspecified atom stereocenters. The number of hydrogen-bond acceptors (Lipinski definition) is 3. The van der Waals surface area contributed by atoms with E-state index in [1.54, 1.807) is 6.07 Å². The first-order valence-electron chi connectivity index (χ1n) is 8.41. The molecule has 3 nitrogen and oxygen atoms in total. The van der Waals surface area contributed by atoms with Crippen molar-refractivity contribution in [3.63, 3.8) is 0 Å². The van der Waals surface area contributed by atoms with Gasteiger partial charge in [0.2, 0.25) is 0 Å². The number of allylic oxidation sites excluding steroid dienone is 1. The van der Waals surface area contributed by atoms with Crippen LogP contribution in [0.25, 0.3) is 0 Å². The number of halogens is 3. The number of rotatable bonds is 8. The first kappa shape index (κ1) is 18.8. The first-order valence-corrected chi connectivity index (χ1v) is 8.41. The fourth-order valence-electron chi connectivity index (χ4n) is 3.10. The molecule has 2 rings (SSSR count). The minimum absolute atomic E-state index is 0.119. The largest absolute Gasteiger partial charge is 0.573 e. The molecule has 0 amide bonds. The van der Waals surface area contributed by atoms with Gasteiger partial charge < -0.3 is 10.1 Å². The number of benzene rings is 1. The van der Waals surface area contributed by atoms with E-state index in [0.717, 1.165) is 57.4 Å². The molecule has 1 aliphatic heterocycles. The van der Waals surface area contributed by atoms with Gasteiger partial charge in [-0.05, 0) is 37.0 Å². The number of unbranched alkanes of at least 4 members (excludes halogenated alkanes) is 2. The summed E-state index contributed by atoms with van der Waals surface area (Å²) in [7, 11) is 0. The Balaban J connectivity index is 2.12. The number of piperazine rings is 1. The van der Waals surface area contributed by atoms with Crippen molar-refractivity contribution in [1.29, 1.82) is 0 Å². The predicted octanol–water partition coefficient (Wildman–Crippen LogP) is 4.28. The maximum atomic E-state index is 12.5. The second-order valence-corrected chi connectivity index (χ2v) is 6.00. The van der Waals surface area contributed by atoms with Crippen LogP contribution in [0.5, 0.6) is 5.75 Å². The van der Waals surface area contributed by atoms with Gasteiger partial charge >= 0.3 is 6.36 Å². The standard InChI is InChI=1S/C18H25F3N2O/c1-2-3-4-5-9-17(23-12-10-22-11-13-23)15-7-6-8-16(14-15)24-18(19,20)21/h2,6-8,14,17,22H,1,3-5,9-13H2/t17-/m1/s1. The fraction of sp³-hybridized carbons (Fsp3) is 0.556. The zero-order chi connectivity index (χ0) is 17.4. The molecule has 0 saturated carbocycles. The third-order valence-corrected chi connectivity index (χ3v) is 4.20. The van der Waals surface area contributed by atoms with Crippen molar-refractivity contribution in [2.75, 3.05) is 26.2 Å². The molecule has 0 bridgehead atoms. The van der Waals surface area contributed by atoms with Gasteiger partial charge in [-0.1, -0.05) is 24.6 Å². The minimum Gasteiger partial charge on any atom is -0.406 e. The molecule has 1 aromatic rings. The van der Waals surface area contributed by atoms with Gasteiger partial charge in [0.1, 0.15) is 5.75 Å². The lowest BCUT2D eigenvalue weighted by atomic mass is 9.98. The summed E-state index contributed by atoms with van der Waals surface area (Å²) in [6.45, 7) is 7.34. The summed E-state index contributed by atoms with van der Waals surface area (Å²) in [5, 5.41) is 3.31. The van der Waals surface area contributed by atoms with Gasteiger partial charge in [0.15, 0.2) is 0 Å². The van der Waals surface area contributed by atoms with Crippen LogP contribution in [0.1, 0.15) is 37.3 Å². The minimum atomic E-state index is -4.66. The van der Waals surface area contributed by atoms with Crippen LogP contribution in [-0.2, 0) is 0 Å². The SMILES string of the molecule is C=CCCCC[C@H](c1cccc(OC(F)(F)F)c1)N1CCNCC1. The van der Waals surface area contributed by atoms with Crippen molar-refractivity contribution in [2.24, 2.45) is 0 Å². The van der Waals surface area contributed by atoms with E-state index >= 15 is 0 Å². The van der Waals surface area contributed by atoms with Crippen LogP contribution in [0.3, 0.4) is 0 Å². The highest BCUT2D eigenvalue weighted by Gasteiger charge is 2.31. The highest BCUT2D eigenvalue weighted by atomic mass is 19.4. The molecule has 24 heavy (non-hydrogen) atoms. The van der Waals surface area contributed by atoms with Gasteiger partial charge in [-0.15, -0.1) is 19.8 Å². The van der Waals surface area contributed by atoms with E-state index in [0.29, 0.717) is 0 Å². The Morgan fingerprint density at radius 1 is 1.25 bits per heavy atom. The van der Waals surface area contributed by atoms with Gasteiger partial charge in [0.05, 0.1) is 0 Å². The predicted molar refractivity (Wildman–Crippen MR) is 89.0 cm³/mol. The molecule has 6 heteroatoms. The molecular formula is C18H25F3N2O. The van der Waals surface area contributed by atoms with Crippen LogP contribution < -0.4 is 10.1 Å². The van der Waals surface area contributed by atoms with Crippen LogP contribution in [0.15, 0.2) is 36.9 Å². The van der Waals surface area contributed by atoms with Crippen molar-refractivity contribution in [1.82, 2.24) is 10.2 Å². The van der Waals surface area contributed by atoms with E-state index in [1.165, 1.54) is 12.1 Å². The Kier molecular flexibility index (Phi) is 7.12. The zero-order valence-electron chi connectivity index (χ0n) is 13.8. The summed E-state index contributed by atoms with van der Waals surface area (Å²) < 4.78 is 41.5. The Bertz CT molecular complexity index is 513. The van der Waals surface area contributed by atoms with Crippen LogP contribution in [0.4, 0.5) is 13.2 Å². The molecule has 134 valence electrons. The Morgan fingerprint density at radius 2 is 2.00 bits per heavy atom. The third kappa shape index (κ3) is 6.17. The van der Waals surface area contributed by atoms with Gasteiger partial charge in [0.25, 0.3) is 0 Å². The lowest BCUT2D eigenvalue weighted by molar-refractivity contribution is -0.274. The van der Waals surface area contributed by atoms with Gasteiger partial charge in [-0.25, -0.2) is 0 Å². The molecule has 0 aliphatic carbocycles. The van der Waals surface area contributed by atoms with E-state index in [2.05, 4.69) is 21.5 Å². The summed E-state index contributed by atoms with van der Waals surface area (Å²) in [5.74, 6) is -0.147. The van der Waals surface area contributed by atoms with Crippen molar-refractivity contribution < 1.29 is 17.9 Å². The average Bonchev–Trinajstić information content (AvgIpc) is 2.54. The van der Waals surface area contributed by atoms with E-state index in [9.17, 15) is 13.2 Å². The lowest BCUT2D eigenvalue weighted by Gasteiger charge is -2.35. The molecular weight excluding hydrogens is 317 g/mol. The normalized spacial score (nSPS) is 17.5. The zero-order valence-corrected chi connectivity index (χ0v) is 13.8. The van der Waals surface area contributed by atoms with Crippen molar-refractivity contribution in [3.8, 4) is 5.75 Å². The maximum absolute atomic E-state index is 12.5. The van der Waals surface area contributed by atoms with Crippen molar-refractivity contribution >= 4 is 0 Å². The number of alkyl halides is 3. The van der Waals surface area contributed by atoms with Crippen LogP contribution in [-0.4, -0.2) is 37.4 Å². The molecule has 1 N–H and O–H groups in total. The van der Waals surface area contributed by atoms with Crippen molar-refractivity contribution in [2.45, 2.75) is 38.1 Å². The van der Waals surface area contributed by atoms with Crippen LogP contribution in [0.2, 0.25) is 0 Å². The van der Waals surface area contributed by atoms with E-state index < -0.39 is 6.36 Å². The van der Waals surface area contributed by atoms with Gasteiger partial charge in [0, 0.05) is 32.2 Å². The summed E-state index contributed by atoms with van der Waals surface area (Å²) in [6, 6.07) is 6.52. The second kappa shape index (κ2) is 9.08. The Hall–Kier alpha value is -1.53. The third-order valence-electron chi connectivity index (χ3n) is 4.20. The maximum Gasteiger partial charge on any atom is 0.573 e. The Labute approximate surface area is 141 Å². The molecule has 0 spiro atoms.